The van der Waals surface area contributed by atoms with Crippen molar-refractivity contribution in [3.63, 3.8) is 0 Å². The number of ether oxygens (including phenoxy) is 1. The van der Waals surface area contributed by atoms with Gasteiger partial charge in [0.1, 0.15) is 11.9 Å². The van der Waals surface area contributed by atoms with E-state index in [2.05, 4.69) is 19.2 Å². The van der Waals surface area contributed by atoms with Crippen LogP contribution in [0.2, 0.25) is 0 Å². The van der Waals surface area contributed by atoms with Crippen molar-refractivity contribution >= 4 is 5.69 Å². The molecule has 0 amide bonds. The lowest BCUT2D eigenvalue weighted by Crippen LogP contribution is -2.11. The number of anilines is 1. The summed E-state index contributed by atoms with van der Waals surface area (Å²) in [6.07, 6.45) is 1.04. The zero-order valence-corrected chi connectivity index (χ0v) is 10.9. The normalized spacial score (nSPS) is 10.4. The van der Waals surface area contributed by atoms with Gasteiger partial charge in [-0.15, -0.1) is 0 Å². The van der Waals surface area contributed by atoms with Crippen LogP contribution in [-0.2, 0) is 4.74 Å². The summed E-state index contributed by atoms with van der Waals surface area (Å²) in [6, 6.07) is 6.09. The van der Waals surface area contributed by atoms with Gasteiger partial charge in [0.2, 0.25) is 0 Å². The lowest BCUT2D eigenvalue weighted by atomic mass is 10.1. The third-order valence-corrected chi connectivity index (χ3v) is 2.50. The van der Waals surface area contributed by atoms with Gasteiger partial charge >= 0.3 is 0 Å². The summed E-state index contributed by atoms with van der Waals surface area (Å²) in [5, 5.41) is 11.9. The SMILES string of the molecule is CC(C)CCOCCNc1ccc(F)cc1C#N. The van der Waals surface area contributed by atoms with E-state index in [0.717, 1.165) is 13.0 Å². The molecule has 1 N–H and O–H groups in total. The monoisotopic (exact) mass is 250 g/mol. The Balaban J connectivity index is 2.29. The summed E-state index contributed by atoms with van der Waals surface area (Å²) in [4.78, 5) is 0. The maximum Gasteiger partial charge on any atom is 0.124 e. The first-order valence-corrected chi connectivity index (χ1v) is 6.14. The Bertz CT molecular complexity index is 413. The van der Waals surface area contributed by atoms with Crippen LogP contribution in [0.5, 0.6) is 0 Å². The Morgan fingerprint density at radius 2 is 2.17 bits per heavy atom. The number of hydrogen-bond acceptors (Lipinski definition) is 3. The van der Waals surface area contributed by atoms with E-state index in [-0.39, 0.29) is 0 Å². The topological polar surface area (TPSA) is 45.0 Å². The Hall–Kier alpha value is -1.60. The second-order valence-electron chi connectivity index (χ2n) is 4.52. The van der Waals surface area contributed by atoms with Crippen molar-refractivity contribution in [1.82, 2.24) is 0 Å². The van der Waals surface area contributed by atoms with E-state index in [1.807, 2.05) is 6.07 Å². The first-order chi connectivity index (χ1) is 8.63. The molecule has 0 atom stereocenters. The van der Waals surface area contributed by atoms with Crippen molar-refractivity contribution in [3.05, 3.63) is 29.6 Å². The molecular weight excluding hydrogens is 231 g/mol. The van der Waals surface area contributed by atoms with E-state index in [9.17, 15) is 4.39 Å². The number of hydrogen-bond donors (Lipinski definition) is 1. The first-order valence-electron chi connectivity index (χ1n) is 6.14. The molecule has 0 saturated carbocycles. The van der Waals surface area contributed by atoms with Gasteiger partial charge in [-0.1, -0.05) is 13.8 Å². The highest BCUT2D eigenvalue weighted by Crippen LogP contribution is 2.15. The minimum atomic E-state index is -0.398. The fraction of sp³-hybridized carbons (Fsp3) is 0.500. The Kier molecular flexibility index (Phi) is 6.16. The van der Waals surface area contributed by atoms with E-state index in [1.54, 1.807) is 6.07 Å². The predicted octanol–water partition coefficient (Wildman–Crippen LogP) is 3.17. The van der Waals surface area contributed by atoms with Crippen LogP contribution in [0.4, 0.5) is 10.1 Å². The maximum atomic E-state index is 12.9. The van der Waals surface area contributed by atoms with Crippen molar-refractivity contribution in [2.45, 2.75) is 20.3 Å². The molecule has 0 aliphatic heterocycles. The minimum Gasteiger partial charge on any atom is -0.382 e. The molecule has 0 saturated heterocycles. The van der Waals surface area contributed by atoms with Crippen LogP contribution >= 0.6 is 0 Å². The molecule has 4 heteroatoms. The molecule has 0 radical (unpaired) electrons. The van der Waals surface area contributed by atoms with Crippen molar-refractivity contribution in [1.29, 1.82) is 5.26 Å². The van der Waals surface area contributed by atoms with E-state index < -0.39 is 5.82 Å². The molecule has 0 fully saturated rings. The zero-order chi connectivity index (χ0) is 13.4. The van der Waals surface area contributed by atoms with Crippen molar-refractivity contribution in [2.75, 3.05) is 25.1 Å². The van der Waals surface area contributed by atoms with Gasteiger partial charge in [-0.3, -0.25) is 0 Å². The standard InChI is InChI=1S/C14H19FN2O/c1-11(2)5-7-18-8-6-17-14-4-3-13(15)9-12(14)10-16/h3-4,9,11,17H,5-8H2,1-2H3. The van der Waals surface area contributed by atoms with Crippen LogP contribution in [0.15, 0.2) is 18.2 Å². The van der Waals surface area contributed by atoms with Crippen LogP contribution in [0.25, 0.3) is 0 Å². The summed E-state index contributed by atoms with van der Waals surface area (Å²) in [7, 11) is 0. The van der Waals surface area contributed by atoms with Gasteiger partial charge in [0.05, 0.1) is 17.9 Å². The predicted molar refractivity (Wildman–Crippen MR) is 69.9 cm³/mol. The van der Waals surface area contributed by atoms with Crippen LogP contribution in [0.1, 0.15) is 25.8 Å². The summed E-state index contributed by atoms with van der Waals surface area (Å²) < 4.78 is 18.3. The van der Waals surface area contributed by atoms with Crippen molar-refractivity contribution in [3.8, 4) is 6.07 Å². The number of rotatable bonds is 7. The zero-order valence-electron chi connectivity index (χ0n) is 10.9. The fourth-order valence-corrected chi connectivity index (χ4v) is 1.44. The smallest absolute Gasteiger partial charge is 0.124 e. The van der Waals surface area contributed by atoms with E-state index >= 15 is 0 Å². The molecular formula is C14H19FN2O. The number of nitrogens with one attached hydrogen (secondary N) is 1. The number of nitriles is 1. The minimum absolute atomic E-state index is 0.317. The molecule has 1 aromatic rings. The molecule has 0 aliphatic carbocycles. The molecule has 0 spiro atoms. The van der Waals surface area contributed by atoms with Gasteiger partial charge in [-0.2, -0.15) is 5.26 Å². The molecule has 0 bridgehead atoms. The quantitative estimate of drug-likeness (QED) is 0.756. The van der Waals surface area contributed by atoms with Gasteiger partial charge in [0.25, 0.3) is 0 Å². The summed E-state index contributed by atoms with van der Waals surface area (Å²) >= 11 is 0. The molecule has 0 heterocycles. The molecule has 0 aliphatic rings. The van der Waals surface area contributed by atoms with E-state index in [4.69, 9.17) is 10.00 Å². The highest BCUT2D eigenvalue weighted by molar-refractivity contribution is 5.57. The summed E-state index contributed by atoms with van der Waals surface area (Å²) in [5.41, 5.74) is 0.962. The average Bonchev–Trinajstić information content (AvgIpc) is 2.34. The third kappa shape index (κ3) is 5.15. The number of halogens is 1. The van der Waals surface area contributed by atoms with Crippen LogP contribution in [0, 0.1) is 23.1 Å². The summed E-state index contributed by atoms with van der Waals surface area (Å²) in [5.74, 6) is 0.241. The summed E-state index contributed by atoms with van der Waals surface area (Å²) in [6.45, 7) is 6.24. The van der Waals surface area contributed by atoms with Crippen LogP contribution in [0.3, 0.4) is 0 Å². The molecule has 3 nitrogen and oxygen atoms in total. The lowest BCUT2D eigenvalue weighted by Gasteiger charge is -2.09. The molecule has 18 heavy (non-hydrogen) atoms. The number of benzene rings is 1. The highest BCUT2D eigenvalue weighted by Gasteiger charge is 2.02. The van der Waals surface area contributed by atoms with Gasteiger partial charge in [-0.05, 0) is 30.5 Å². The molecule has 1 aromatic carbocycles. The Labute approximate surface area is 108 Å². The average molecular weight is 250 g/mol. The number of nitrogens with zero attached hydrogens (tertiary/aromatic N) is 1. The third-order valence-electron chi connectivity index (χ3n) is 2.50. The fourth-order valence-electron chi connectivity index (χ4n) is 1.44. The molecule has 0 unspecified atom stereocenters. The van der Waals surface area contributed by atoms with Gasteiger partial charge < -0.3 is 10.1 Å². The molecule has 0 aromatic heterocycles. The largest absolute Gasteiger partial charge is 0.382 e. The van der Waals surface area contributed by atoms with Gasteiger partial charge in [-0.25, -0.2) is 4.39 Å². The van der Waals surface area contributed by atoms with E-state index in [0.29, 0.717) is 30.3 Å². The van der Waals surface area contributed by atoms with Gasteiger partial charge in [0.15, 0.2) is 0 Å². The second kappa shape index (κ2) is 7.67. The lowest BCUT2D eigenvalue weighted by molar-refractivity contribution is 0.132. The molecule has 98 valence electrons. The van der Waals surface area contributed by atoms with Gasteiger partial charge in [0, 0.05) is 13.2 Å². The van der Waals surface area contributed by atoms with Crippen LogP contribution in [-0.4, -0.2) is 19.8 Å². The molecule has 1 rings (SSSR count). The van der Waals surface area contributed by atoms with Crippen LogP contribution < -0.4 is 5.32 Å². The Morgan fingerprint density at radius 3 is 2.83 bits per heavy atom. The van der Waals surface area contributed by atoms with Crippen molar-refractivity contribution < 1.29 is 9.13 Å². The van der Waals surface area contributed by atoms with E-state index in [1.165, 1.54) is 12.1 Å². The first kappa shape index (κ1) is 14.5. The maximum absolute atomic E-state index is 12.9. The van der Waals surface area contributed by atoms with Crippen molar-refractivity contribution in [2.24, 2.45) is 5.92 Å². The highest BCUT2D eigenvalue weighted by atomic mass is 19.1. The Morgan fingerprint density at radius 1 is 1.39 bits per heavy atom. The second-order valence-corrected chi connectivity index (χ2v) is 4.52.